The van der Waals surface area contributed by atoms with E-state index in [0.717, 1.165) is 20.5 Å². The molecule has 0 unspecified atom stereocenters. The van der Waals surface area contributed by atoms with Crippen molar-refractivity contribution < 1.29 is 28.7 Å². The van der Waals surface area contributed by atoms with Crippen molar-refractivity contribution in [3.63, 3.8) is 0 Å². The molecule has 0 saturated carbocycles. The zero-order chi connectivity index (χ0) is 28.4. The van der Waals surface area contributed by atoms with Crippen LogP contribution in [0.5, 0.6) is 0 Å². The normalized spacial score (nSPS) is 11.1. The van der Waals surface area contributed by atoms with E-state index in [-0.39, 0.29) is 36.2 Å². The van der Waals surface area contributed by atoms with E-state index in [0.29, 0.717) is 46.5 Å². The standard InChI is InChI=1S/C30H32N2O6S/c1-7-37-29(35)27-15(3)25(17(5)33)21(31-27)13-20-19-11-9-10-12-23(19)39-24(20)14-22-26(18(6)34)16(4)28(32-22)30(36)38-8-2/h9-12,31-32H,7-8,13-14H2,1-6H3. The third-order valence-electron chi connectivity index (χ3n) is 6.79. The number of ether oxygens (including phenoxy) is 2. The Labute approximate surface area is 230 Å². The summed E-state index contributed by atoms with van der Waals surface area (Å²) in [4.78, 5) is 57.8. The Bertz CT molecular complexity index is 1600. The van der Waals surface area contributed by atoms with Gasteiger partial charge >= 0.3 is 11.9 Å². The molecule has 0 radical (unpaired) electrons. The molecule has 0 atom stereocenters. The quantitative estimate of drug-likeness (QED) is 0.182. The third kappa shape index (κ3) is 5.31. The van der Waals surface area contributed by atoms with Gasteiger partial charge in [0.2, 0.25) is 0 Å². The van der Waals surface area contributed by atoms with Gasteiger partial charge in [-0.05, 0) is 69.7 Å². The number of thiophene rings is 1. The molecule has 0 saturated heterocycles. The molecule has 0 amide bonds. The highest BCUT2D eigenvalue weighted by atomic mass is 32.1. The highest BCUT2D eigenvalue weighted by molar-refractivity contribution is 7.19. The van der Waals surface area contributed by atoms with E-state index < -0.39 is 11.9 Å². The van der Waals surface area contributed by atoms with Crippen molar-refractivity contribution in [2.24, 2.45) is 0 Å². The lowest BCUT2D eigenvalue weighted by atomic mass is 9.97. The van der Waals surface area contributed by atoms with Crippen LogP contribution in [0.3, 0.4) is 0 Å². The summed E-state index contributed by atoms with van der Waals surface area (Å²) in [5.74, 6) is -1.29. The summed E-state index contributed by atoms with van der Waals surface area (Å²) in [6, 6.07) is 7.97. The fourth-order valence-electron chi connectivity index (χ4n) is 5.17. The second-order valence-corrected chi connectivity index (χ2v) is 10.5. The molecule has 0 fully saturated rings. The minimum atomic E-state index is -0.501. The van der Waals surface area contributed by atoms with E-state index in [1.165, 1.54) is 13.8 Å². The van der Waals surface area contributed by atoms with Crippen LogP contribution >= 0.6 is 11.3 Å². The maximum Gasteiger partial charge on any atom is 0.355 e. The Morgan fingerprint density at radius 3 is 1.74 bits per heavy atom. The van der Waals surface area contributed by atoms with Crippen LogP contribution < -0.4 is 0 Å². The Kier molecular flexibility index (Phi) is 8.20. The van der Waals surface area contributed by atoms with E-state index >= 15 is 0 Å². The Morgan fingerprint density at radius 2 is 1.26 bits per heavy atom. The number of nitrogens with one attached hydrogen (secondary N) is 2. The van der Waals surface area contributed by atoms with E-state index in [1.54, 1.807) is 39.0 Å². The number of aromatic amines is 2. The minimum absolute atomic E-state index is 0.144. The van der Waals surface area contributed by atoms with Crippen LogP contribution in [0.4, 0.5) is 0 Å². The first kappa shape index (κ1) is 28.0. The largest absolute Gasteiger partial charge is 0.461 e. The zero-order valence-electron chi connectivity index (χ0n) is 23.0. The average Bonchev–Trinajstić information content (AvgIpc) is 3.51. The molecule has 0 aliphatic rings. The van der Waals surface area contributed by atoms with Crippen LogP contribution in [0.2, 0.25) is 0 Å². The zero-order valence-corrected chi connectivity index (χ0v) is 23.8. The summed E-state index contributed by atoms with van der Waals surface area (Å²) >= 11 is 1.59. The van der Waals surface area contributed by atoms with Crippen molar-refractivity contribution in [3.05, 3.63) is 79.7 Å². The Hall–Kier alpha value is -3.98. The summed E-state index contributed by atoms with van der Waals surface area (Å²) in [6.45, 7) is 10.4. The molecule has 0 aliphatic carbocycles. The van der Waals surface area contributed by atoms with Crippen molar-refractivity contribution in [1.82, 2.24) is 9.97 Å². The molecule has 3 aromatic heterocycles. The lowest BCUT2D eigenvalue weighted by Gasteiger charge is -2.07. The number of carbonyl (C=O) groups excluding carboxylic acids is 4. The lowest BCUT2D eigenvalue weighted by molar-refractivity contribution is 0.0509. The maximum atomic E-state index is 12.7. The lowest BCUT2D eigenvalue weighted by Crippen LogP contribution is -2.07. The smallest absolute Gasteiger partial charge is 0.355 e. The number of esters is 2. The molecule has 8 nitrogen and oxygen atoms in total. The van der Waals surface area contributed by atoms with Gasteiger partial charge in [-0.25, -0.2) is 9.59 Å². The van der Waals surface area contributed by atoms with Gasteiger partial charge in [-0.3, -0.25) is 9.59 Å². The summed E-state index contributed by atoms with van der Waals surface area (Å²) < 4.78 is 11.4. The van der Waals surface area contributed by atoms with E-state index in [1.807, 2.05) is 24.3 Å². The molecule has 4 rings (SSSR count). The first-order valence-corrected chi connectivity index (χ1v) is 13.7. The highest BCUT2D eigenvalue weighted by Crippen LogP contribution is 2.36. The Balaban J connectivity index is 1.85. The van der Waals surface area contributed by atoms with Crippen LogP contribution in [0.1, 0.15) is 102 Å². The van der Waals surface area contributed by atoms with Gasteiger partial charge in [0.05, 0.1) is 13.2 Å². The number of aromatic nitrogens is 2. The molecular weight excluding hydrogens is 516 g/mol. The van der Waals surface area contributed by atoms with Gasteiger partial charge in [0.1, 0.15) is 11.4 Å². The van der Waals surface area contributed by atoms with Crippen LogP contribution in [-0.4, -0.2) is 46.7 Å². The van der Waals surface area contributed by atoms with Crippen LogP contribution in [0.15, 0.2) is 24.3 Å². The fraction of sp³-hybridized carbons (Fsp3) is 0.333. The number of fused-ring (bicyclic) bond motifs is 1. The van der Waals surface area contributed by atoms with Gasteiger partial charge in [0.25, 0.3) is 0 Å². The average molecular weight is 549 g/mol. The molecule has 39 heavy (non-hydrogen) atoms. The Morgan fingerprint density at radius 1 is 0.769 bits per heavy atom. The van der Waals surface area contributed by atoms with Crippen molar-refractivity contribution in [2.45, 2.75) is 54.4 Å². The van der Waals surface area contributed by atoms with Crippen molar-refractivity contribution in [2.75, 3.05) is 13.2 Å². The molecule has 4 aromatic rings. The first-order chi connectivity index (χ1) is 18.6. The summed E-state index contributed by atoms with van der Waals surface area (Å²) in [5.41, 5.74) is 4.89. The predicted octanol–water partition coefficient (Wildman–Crippen LogP) is 6.11. The molecule has 2 N–H and O–H groups in total. The molecule has 0 spiro atoms. The highest BCUT2D eigenvalue weighted by Gasteiger charge is 2.27. The van der Waals surface area contributed by atoms with Crippen LogP contribution in [-0.2, 0) is 22.3 Å². The number of hydrogen-bond acceptors (Lipinski definition) is 7. The number of ketones is 2. The number of hydrogen-bond donors (Lipinski definition) is 2. The van der Waals surface area contributed by atoms with Gasteiger partial charge in [0, 0.05) is 44.9 Å². The summed E-state index contributed by atoms with van der Waals surface area (Å²) in [7, 11) is 0. The molecule has 1 aromatic carbocycles. The van der Waals surface area contributed by atoms with Gasteiger partial charge in [-0.2, -0.15) is 0 Å². The minimum Gasteiger partial charge on any atom is -0.461 e. The van der Waals surface area contributed by atoms with Gasteiger partial charge < -0.3 is 19.4 Å². The molecule has 204 valence electrons. The van der Waals surface area contributed by atoms with Gasteiger partial charge in [-0.15, -0.1) is 11.3 Å². The fourth-order valence-corrected chi connectivity index (χ4v) is 6.41. The SMILES string of the molecule is CCOC(=O)c1[nH]c(Cc2sc3ccccc3c2Cc2[nH]c(C(=O)OCC)c(C)c2C(C)=O)c(C(C)=O)c1C. The second kappa shape index (κ2) is 11.4. The van der Waals surface area contributed by atoms with Crippen molar-refractivity contribution in [1.29, 1.82) is 0 Å². The number of Topliss-reactive ketones (excluding diaryl/α,β-unsaturated/α-hetero) is 2. The number of H-pyrrole nitrogens is 2. The van der Waals surface area contributed by atoms with E-state index in [9.17, 15) is 19.2 Å². The van der Waals surface area contributed by atoms with Crippen LogP contribution in [0.25, 0.3) is 10.1 Å². The summed E-state index contributed by atoms with van der Waals surface area (Å²) in [5, 5.41) is 1.02. The second-order valence-electron chi connectivity index (χ2n) is 9.36. The van der Waals surface area contributed by atoms with E-state index in [2.05, 4.69) is 9.97 Å². The molecule has 0 bridgehead atoms. The van der Waals surface area contributed by atoms with Crippen LogP contribution in [0, 0.1) is 13.8 Å². The monoisotopic (exact) mass is 548 g/mol. The topological polar surface area (TPSA) is 118 Å². The predicted molar refractivity (Wildman–Crippen MR) is 150 cm³/mol. The molecule has 3 heterocycles. The maximum absolute atomic E-state index is 12.7. The van der Waals surface area contributed by atoms with Crippen molar-refractivity contribution >= 4 is 44.9 Å². The number of rotatable bonds is 10. The third-order valence-corrected chi connectivity index (χ3v) is 8.00. The molecule has 9 heteroatoms. The molecule has 0 aliphatic heterocycles. The van der Waals surface area contributed by atoms with Gasteiger partial charge in [-0.1, -0.05) is 18.2 Å². The van der Waals surface area contributed by atoms with Gasteiger partial charge in [0.15, 0.2) is 11.6 Å². The first-order valence-electron chi connectivity index (χ1n) is 12.9. The number of carbonyl (C=O) groups is 4. The molecular formula is C30H32N2O6S. The van der Waals surface area contributed by atoms with E-state index in [4.69, 9.17) is 9.47 Å². The van der Waals surface area contributed by atoms with Crippen molar-refractivity contribution in [3.8, 4) is 0 Å². The summed E-state index contributed by atoms with van der Waals surface area (Å²) in [6.07, 6.45) is 0.748. The number of benzene rings is 1.